The first kappa shape index (κ1) is 15.7. The minimum absolute atomic E-state index is 0.572. The summed E-state index contributed by atoms with van der Waals surface area (Å²) in [5.41, 5.74) is 8.49. The van der Waals surface area contributed by atoms with Crippen LogP contribution in [0.4, 0.5) is 5.69 Å². The van der Waals surface area contributed by atoms with Crippen molar-refractivity contribution in [3.8, 4) is 0 Å². The monoisotopic (exact) mass is 284 g/mol. The van der Waals surface area contributed by atoms with Gasteiger partial charge in [0.15, 0.2) is 0 Å². The molecule has 1 atom stereocenters. The summed E-state index contributed by atoms with van der Waals surface area (Å²) in [5.74, 6) is 1.15. The topological polar surface area (TPSA) is 29.3 Å². The van der Waals surface area contributed by atoms with Gasteiger partial charge in [0.25, 0.3) is 0 Å². The summed E-state index contributed by atoms with van der Waals surface area (Å²) in [6.45, 7) is 2.85. The van der Waals surface area contributed by atoms with Crippen LogP contribution in [0.3, 0.4) is 0 Å². The van der Waals surface area contributed by atoms with E-state index in [1.807, 2.05) is 11.8 Å². The summed E-state index contributed by atoms with van der Waals surface area (Å²) < 4.78 is 0. The second-order valence-electron chi connectivity index (χ2n) is 4.29. The van der Waals surface area contributed by atoms with Crippen molar-refractivity contribution in [1.82, 2.24) is 0 Å². The van der Waals surface area contributed by atoms with Crippen LogP contribution in [0.1, 0.15) is 18.9 Å². The molecule has 0 heterocycles. The SMILES string of the molecule is CCC(CSC)N(C)c1cccc(SC)c1CN. The number of anilines is 1. The second kappa shape index (κ2) is 7.97. The van der Waals surface area contributed by atoms with Crippen LogP contribution in [0.15, 0.2) is 23.1 Å². The fraction of sp³-hybridized carbons (Fsp3) is 0.571. The largest absolute Gasteiger partial charge is 0.370 e. The van der Waals surface area contributed by atoms with E-state index in [4.69, 9.17) is 5.73 Å². The van der Waals surface area contributed by atoms with Gasteiger partial charge in [-0.2, -0.15) is 11.8 Å². The number of hydrogen-bond donors (Lipinski definition) is 1. The van der Waals surface area contributed by atoms with Crippen LogP contribution in [-0.2, 0) is 6.54 Å². The molecule has 2 nitrogen and oxygen atoms in total. The highest BCUT2D eigenvalue weighted by molar-refractivity contribution is 7.98. The maximum atomic E-state index is 5.94. The highest BCUT2D eigenvalue weighted by Crippen LogP contribution is 2.30. The molecule has 0 amide bonds. The minimum Gasteiger partial charge on any atom is -0.370 e. The summed E-state index contributed by atoms with van der Waals surface area (Å²) in [6, 6.07) is 7.04. The molecule has 0 aromatic heterocycles. The molecule has 1 aromatic carbocycles. The first-order valence-corrected chi connectivity index (χ1v) is 8.89. The van der Waals surface area contributed by atoms with Gasteiger partial charge in [0.05, 0.1) is 0 Å². The molecule has 0 spiro atoms. The summed E-state index contributed by atoms with van der Waals surface area (Å²) >= 11 is 3.67. The van der Waals surface area contributed by atoms with Crippen LogP contribution in [0.5, 0.6) is 0 Å². The number of nitrogens with two attached hydrogens (primary N) is 1. The van der Waals surface area contributed by atoms with E-state index in [1.165, 1.54) is 16.1 Å². The number of nitrogens with zero attached hydrogens (tertiary/aromatic N) is 1. The normalized spacial score (nSPS) is 12.5. The average molecular weight is 284 g/mol. The van der Waals surface area contributed by atoms with Crippen LogP contribution in [0, 0.1) is 0 Å². The molecule has 2 N–H and O–H groups in total. The van der Waals surface area contributed by atoms with E-state index in [0.717, 1.165) is 12.2 Å². The highest BCUT2D eigenvalue weighted by atomic mass is 32.2. The number of rotatable bonds is 7. The van der Waals surface area contributed by atoms with Crippen molar-refractivity contribution >= 4 is 29.2 Å². The van der Waals surface area contributed by atoms with Crippen molar-refractivity contribution in [1.29, 1.82) is 0 Å². The van der Waals surface area contributed by atoms with Gasteiger partial charge in [0.1, 0.15) is 0 Å². The molecular weight excluding hydrogens is 260 g/mol. The van der Waals surface area contributed by atoms with E-state index in [1.54, 1.807) is 11.8 Å². The van der Waals surface area contributed by atoms with Crippen molar-refractivity contribution < 1.29 is 0 Å². The lowest BCUT2D eigenvalue weighted by molar-refractivity contribution is 0.669. The van der Waals surface area contributed by atoms with Gasteiger partial charge in [0.2, 0.25) is 0 Å². The Kier molecular flexibility index (Phi) is 6.97. The third-order valence-corrected chi connectivity index (χ3v) is 4.83. The Labute approximate surface area is 120 Å². The van der Waals surface area contributed by atoms with Gasteiger partial charge >= 0.3 is 0 Å². The van der Waals surface area contributed by atoms with E-state index in [9.17, 15) is 0 Å². The lowest BCUT2D eigenvalue weighted by Gasteiger charge is -2.31. The molecule has 0 bridgehead atoms. The summed E-state index contributed by atoms with van der Waals surface area (Å²) in [4.78, 5) is 3.68. The highest BCUT2D eigenvalue weighted by Gasteiger charge is 2.16. The first-order chi connectivity index (χ1) is 8.69. The molecular formula is C14H24N2S2. The Morgan fingerprint density at radius 1 is 1.33 bits per heavy atom. The molecule has 0 aliphatic rings. The number of thioether (sulfide) groups is 2. The van der Waals surface area contributed by atoms with Gasteiger partial charge in [-0.3, -0.25) is 0 Å². The van der Waals surface area contributed by atoms with Crippen molar-refractivity contribution in [2.24, 2.45) is 5.73 Å². The summed E-state index contributed by atoms with van der Waals surface area (Å²) in [7, 11) is 2.18. The minimum atomic E-state index is 0.572. The third kappa shape index (κ3) is 3.59. The van der Waals surface area contributed by atoms with Crippen LogP contribution in [-0.4, -0.2) is 31.4 Å². The van der Waals surface area contributed by atoms with E-state index < -0.39 is 0 Å². The molecule has 102 valence electrons. The predicted molar refractivity (Wildman–Crippen MR) is 87.0 cm³/mol. The number of hydrogen-bond acceptors (Lipinski definition) is 4. The van der Waals surface area contributed by atoms with Gasteiger partial charge in [0, 0.05) is 41.5 Å². The fourth-order valence-electron chi connectivity index (χ4n) is 2.17. The van der Waals surface area contributed by atoms with Gasteiger partial charge in [-0.25, -0.2) is 0 Å². The second-order valence-corrected chi connectivity index (χ2v) is 6.05. The van der Waals surface area contributed by atoms with Crippen LogP contribution in [0.2, 0.25) is 0 Å². The zero-order valence-corrected chi connectivity index (χ0v) is 13.4. The molecule has 18 heavy (non-hydrogen) atoms. The smallest absolute Gasteiger partial charge is 0.0423 e. The average Bonchev–Trinajstić information content (AvgIpc) is 2.42. The van der Waals surface area contributed by atoms with Gasteiger partial charge in [-0.05, 0) is 31.1 Å². The van der Waals surface area contributed by atoms with Crippen LogP contribution < -0.4 is 10.6 Å². The van der Waals surface area contributed by atoms with Crippen molar-refractivity contribution in [3.63, 3.8) is 0 Å². The Morgan fingerprint density at radius 2 is 2.06 bits per heavy atom. The molecule has 1 unspecified atom stereocenters. The Morgan fingerprint density at radius 3 is 2.56 bits per heavy atom. The van der Waals surface area contributed by atoms with Gasteiger partial charge in [-0.1, -0.05) is 13.0 Å². The standard InChI is InChI=1S/C14H24N2S2/c1-5-11(10-17-3)16(2)13-7-6-8-14(18-4)12(13)9-15/h6-8,11H,5,9-10,15H2,1-4H3. The Hall–Kier alpha value is -0.320. The number of benzene rings is 1. The molecule has 4 heteroatoms. The molecule has 1 rings (SSSR count). The van der Waals surface area contributed by atoms with Crippen molar-refractivity contribution in [2.45, 2.75) is 30.8 Å². The maximum Gasteiger partial charge on any atom is 0.0423 e. The van der Waals surface area contributed by atoms with E-state index in [2.05, 4.69) is 49.6 Å². The van der Waals surface area contributed by atoms with Crippen LogP contribution in [0.25, 0.3) is 0 Å². The van der Waals surface area contributed by atoms with E-state index >= 15 is 0 Å². The van der Waals surface area contributed by atoms with Gasteiger partial charge < -0.3 is 10.6 Å². The molecule has 1 aromatic rings. The fourth-order valence-corrected chi connectivity index (χ4v) is 3.67. The molecule has 0 saturated carbocycles. The van der Waals surface area contributed by atoms with E-state index in [-0.39, 0.29) is 0 Å². The predicted octanol–water partition coefficient (Wildman–Crippen LogP) is 3.45. The quantitative estimate of drug-likeness (QED) is 0.777. The van der Waals surface area contributed by atoms with Crippen LogP contribution >= 0.6 is 23.5 Å². The summed E-state index contributed by atoms with van der Waals surface area (Å²) in [6.07, 6.45) is 5.43. The Balaban J connectivity index is 3.07. The maximum absolute atomic E-state index is 5.94. The van der Waals surface area contributed by atoms with Crippen molar-refractivity contribution in [2.75, 3.05) is 30.2 Å². The van der Waals surface area contributed by atoms with Gasteiger partial charge in [-0.15, -0.1) is 11.8 Å². The zero-order valence-electron chi connectivity index (χ0n) is 11.8. The molecule has 0 fully saturated rings. The molecule has 0 aliphatic carbocycles. The zero-order chi connectivity index (χ0) is 13.5. The van der Waals surface area contributed by atoms with E-state index in [0.29, 0.717) is 12.6 Å². The molecule has 0 aliphatic heterocycles. The third-order valence-electron chi connectivity index (χ3n) is 3.29. The molecule has 0 saturated heterocycles. The lowest BCUT2D eigenvalue weighted by atomic mass is 10.1. The summed E-state index contributed by atoms with van der Waals surface area (Å²) in [5, 5.41) is 0. The lowest BCUT2D eigenvalue weighted by Crippen LogP contribution is -2.34. The molecule has 0 radical (unpaired) electrons. The Bertz CT molecular complexity index is 369. The first-order valence-electron chi connectivity index (χ1n) is 6.27. The van der Waals surface area contributed by atoms with Crippen molar-refractivity contribution in [3.05, 3.63) is 23.8 Å².